The standard InChI is InChI=1S/C41H69N3O6/c1-23(2)33(50-36(46)42-9)27-19-24(3)32-34(48-27)35(45)39(8)29-12-11-28-37(5,6)30(49-31-22-44(17-18-47-31)26-20-43(10)21-26)13-14-40(28)25(4)41(29,40)16-15-38(32,39)7/h23-35,45H,11-22H2,1-10H3,(H,42,46)/t24-,25-,27?,28+,29?,30+,31+,32+,33-,34?,35+,38-,39-,40-,41+/m1/s1. The lowest BCUT2D eigenvalue weighted by molar-refractivity contribution is -0.253. The number of morpholine rings is 1. The van der Waals surface area contributed by atoms with Crippen molar-refractivity contribution in [2.75, 3.05) is 46.9 Å². The van der Waals surface area contributed by atoms with Crippen LogP contribution in [0.15, 0.2) is 0 Å². The fraction of sp³-hybridized carbons (Fsp3) is 0.976. The molecule has 9 heteroatoms. The Labute approximate surface area is 302 Å². The Kier molecular flexibility index (Phi) is 8.66. The van der Waals surface area contributed by atoms with Crippen LogP contribution in [0.2, 0.25) is 0 Å². The van der Waals surface area contributed by atoms with Crippen molar-refractivity contribution in [3.63, 3.8) is 0 Å². The van der Waals surface area contributed by atoms with Gasteiger partial charge in [0, 0.05) is 44.7 Å². The molecule has 1 amide bonds. The highest BCUT2D eigenvalue weighted by atomic mass is 16.7. The molecule has 2 N–H and O–H groups in total. The minimum atomic E-state index is -0.534. The quantitative estimate of drug-likeness (QED) is 0.361. The van der Waals surface area contributed by atoms with E-state index in [4.69, 9.17) is 18.9 Å². The molecule has 8 rings (SSSR count). The molecule has 0 aromatic rings. The predicted octanol–water partition coefficient (Wildman–Crippen LogP) is 5.78. The van der Waals surface area contributed by atoms with Gasteiger partial charge in [0.15, 0.2) is 6.29 Å². The normalized spacial score (nSPS) is 52.1. The fourth-order valence-electron chi connectivity index (χ4n) is 15.5. The van der Waals surface area contributed by atoms with Crippen molar-refractivity contribution in [3.8, 4) is 0 Å². The molecule has 8 aliphatic rings. The number of aliphatic hydroxyl groups is 1. The largest absolute Gasteiger partial charge is 0.443 e. The van der Waals surface area contributed by atoms with Crippen molar-refractivity contribution in [2.24, 2.45) is 62.6 Å². The van der Waals surface area contributed by atoms with Gasteiger partial charge < -0.3 is 34.3 Å². The van der Waals surface area contributed by atoms with Crippen LogP contribution in [0.1, 0.15) is 100 Å². The zero-order valence-corrected chi connectivity index (χ0v) is 32.9. The van der Waals surface area contributed by atoms with E-state index in [-0.39, 0.29) is 58.3 Å². The lowest BCUT2D eigenvalue weighted by Gasteiger charge is -2.63. The second-order valence-corrected chi connectivity index (χ2v) is 20.0. The maximum Gasteiger partial charge on any atom is 0.407 e. The minimum absolute atomic E-state index is 0.00201. The topological polar surface area (TPSA) is 92.7 Å². The third-order valence-electron chi connectivity index (χ3n) is 17.9. The summed E-state index contributed by atoms with van der Waals surface area (Å²) >= 11 is 0. The first-order valence-electron chi connectivity index (χ1n) is 20.5. The Balaban J connectivity index is 1.03. The predicted molar refractivity (Wildman–Crippen MR) is 192 cm³/mol. The van der Waals surface area contributed by atoms with E-state index in [1.54, 1.807) is 7.05 Å². The van der Waals surface area contributed by atoms with E-state index in [1.165, 1.54) is 25.7 Å². The zero-order valence-electron chi connectivity index (χ0n) is 32.9. The van der Waals surface area contributed by atoms with Crippen LogP contribution >= 0.6 is 0 Å². The van der Waals surface area contributed by atoms with Gasteiger partial charge in [0.25, 0.3) is 0 Å². The fourth-order valence-corrected chi connectivity index (χ4v) is 15.5. The van der Waals surface area contributed by atoms with Crippen LogP contribution in [0.4, 0.5) is 4.79 Å². The molecule has 5 saturated carbocycles. The van der Waals surface area contributed by atoms with E-state index >= 15 is 0 Å². The summed E-state index contributed by atoms with van der Waals surface area (Å²) in [4.78, 5) is 17.4. The SMILES string of the molecule is CNC(=O)O[C@H](C(C)C)C1C[C@@H](C)[C@H]2C(O1)[C@H](O)[C@@]1(C)C3CC[C@H]4C(C)(C)[C@@H](O[C@H]5CN(C6CN(C)C6)CCO5)CC[C@@]45[C@@H](C)[C@@]35CC[C@]21C. The summed E-state index contributed by atoms with van der Waals surface area (Å²) in [6.45, 7) is 24.1. The van der Waals surface area contributed by atoms with Gasteiger partial charge in [-0.3, -0.25) is 4.90 Å². The van der Waals surface area contributed by atoms with Crippen LogP contribution < -0.4 is 5.32 Å². The number of carbonyl (C=O) groups excluding carboxylic acids is 1. The molecule has 8 fully saturated rings. The molecule has 3 unspecified atom stereocenters. The molecule has 0 aromatic heterocycles. The summed E-state index contributed by atoms with van der Waals surface area (Å²) in [6.07, 6.45) is 6.30. The van der Waals surface area contributed by atoms with E-state index in [1.807, 2.05) is 0 Å². The van der Waals surface area contributed by atoms with Crippen LogP contribution in [0.5, 0.6) is 0 Å². The van der Waals surface area contributed by atoms with Gasteiger partial charge in [0.05, 0.1) is 31.0 Å². The van der Waals surface area contributed by atoms with E-state index in [9.17, 15) is 9.90 Å². The van der Waals surface area contributed by atoms with Crippen molar-refractivity contribution >= 4 is 6.09 Å². The first kappa shape index (κ1) is 36.0. The van der Waals surface area contributed by atoms with Crippen molar-refractivity contribution < 1.29 is 28.8 Å². The van der Waals surface area contributed by atoms with Gasteiger partial charge >= 0.3 is 6.09 Å². The van der Waals surface area contributed by atoms with Gasteiger partial charge in [-0.2, -0.15) is 0 Å². The van der Waals surface area contributed by atoms with Crippen molar-refractivity contribution in [2.45, 2.75) is 143 Å². The van der Waals surface area contributed by atoms with E-state index in [0.717, 1.165) is 52.0 Å². The van der Waals surface area contributed by atoms with Gasteiger partial charge in [-0.15, -0.1) is 0 Å². The van der Waals surface area contributed by atoms with E-state index < -0.39 is 12.2 Å². The number of rotatable bonds is 6. The lowest BCUT2D eigenvalue weighted by atomic mass is 9.41. The molecule has 0 aromatic carbocycles. The molecule has 50 heavy (non-hydrogen) atoms. The Morgan fingerprint density at radius 2 is 1.68 bits per heavy atom. The van der Waals surface area contributed by atoms with Crippen LogP contribution in [0.25, 0.3) is 0 Å². The first-order chi connectivity index (χ1) is 23.6. The monoisotopic (exact) mass is 700 g/mol. The van der Waals surface area contributed by atoms with E-state index in [2.05, 4.69) is 77.6 Å². The summed E-state index contributed by atoms with van der Waals surface area (Å²) in [5.74, 6) is 2.53. The van der Waals surface area contributed by atoms with Crippen molar-refractivity contribution in [3.05, 3.63) is 0 Å². The number of alkyl carbamates (subject to hydrolysis) is 1. The van der Waals surface area contributed by atoms with Crippen molar-refractivity contribution in [1.82, 2.24) is 15.1 Å². The van der Waals surface area contributed by atoms with Gasteiger partial charge in [0.2, 0.25) is 0 Å². The number of hydrogen-bond donors (Lipinski definition) is 2. The molecule has 15 atom stereocenters. The number of likely N-dealkylation sites (N-methyl/N-ethyl adjacent to an activating group) is 1. The third kappa shape index (κ3) is 4.61. The maximum absolute atomic E-state index is 12.7. The molecular weight excluding hydrogens is 630 g/mol. The highest BCUT2D eigenvalue weighted by Gasteiger charge is 2.88. The molecule has 5 aliphatic carbocycles. The highest BCUT2D eigenvalue weighted by Crippen LogP contribution is 2.91. The van der Waals surface area contributed by atoms with E-state index in [0.29, 0.717) is 41.0 Å². The van der Waals surface area contributed by atoms with Crippen LogP contribution in [0.3, 0.4) is 0 Å². The molecule has 0 radical (unpaired) electrons. The average molecular weight is 700 g/mol. The third-order valence-corrected chi connectivity index (χ3v) is 17.9. The second kappa shape index (κ2) is 12.0. The Morgan fingerprint density at radius 1 is 0.980 bits per heavy atom. The number of ether oxygens (including phenoxy) is 4. The zero-order chi connectivity index (χ0) is 35.8. The van der Waals surface area contributed by atoms with Gasteiger partial charge in [0.1, 0.15) is 6.10 Å². The van der Waals surface area contributed by atoms with Crippen LogP contribution in [-0.4, -0.2) is 111 Å². The molecule has 2 spiro atoms. The molecule has 0 bridgehead atoms. The Morgan fingerprint density at radius 3 is 2.36 bits per heavy atom. The van der Waals surface area contributed by atoms with Crippen LogP contribution in [0, 0.1) is 62.6 Å². The highest BCUT2D eigenvalue weighted by molar-refractivity contribution is 5.66. The Bertz CT molecular complexity index is 1320. The summed E-state index contributed by atoms with van der Waals surface area (Å²) < 4.78 is 26.2. The number of nitrogens with one attached hydrogen (secondary N) is 1. The lowest BCUT2D eigenvalue weighted by Crippen LogP contribution is -2.62. The molecule has 3 aliphatic heterocycles. The summed E-state index contributed by atoms with van der Waals surface area (Å²) in [7, 11) is 3.82. The second-order valence-electron chi connectivity index (χ2n) is 20.0. The van der Waals surface area contributed by atoms with Gasteiger partial charge in [-0.25, -0.2) is 4.79 Å². The maximum atomic E-state index is 12.7. The number of aliphatic hydroxyl groups excluding tert-OH is 1. The molecular formula is C41H69N3O6. The molecule has 3 saturated heterocycles. The number of hydrogen-bond acceptors (Lipinski definition) is 8. The Hall–Kier alpha value is -0.970. The number of amides is 1. The molecule has 9 nitrogen and oxygen atoms in total. The van der Waals surface area contributed by atoms with Crippen molar-refractivity contribution in [1.29, 1.82) is 0 Å². The summed E-state index contributed by atoms with van der Waals surface area (Å²) in [5.41, 5.74) is 0.410. The number of nitrogens with zero attached hydrogens (tertiary/aromatic N) is 2. The summed E-state index contributed by atoms with van der Waals surface area (Å²) in [5, 5.41) is 15.3. The molecule has 284 valence electrons. The average Bonchev–Trinajstić information content (AvgIpc) is 3.53. The first-order valence-corrected chi connectivity index (χ1v) is 20.5. The number of carbonyl (C=O) groups is 1. The number of likely N-dealkylation sites (tertiary alicyclic amines) is 1. The van der Waals surface area contributed by atoms with Gasteiger partial charge in [-0.1, -0.05) is 55.4 Å². The summed E-state index contributed by atoms with van der Waals surface area (Å²) in [6, 6.07) is 0.639. The van der Waals surface area contributed by atoms with Gasteiger partial charge in [-0.05, 0) is 109 Å². The minimum Gasteiger partial charge on any atom is -0.443 e. The number of fused-ring (bicyclic) bond motifs is 4. The molecule has 3 heterocycles. The van der Waals surface area contributed by atoms with Crippen LogP contribution in [-0.2, 0) is 18.9 Å². The smallest absolute Gasteiger partial charge is 0.407 e.